The molecular formula is C23H36FN3O. The minimum absolute atomic E-state index is 0.117. The van der Waals surface area contributed by atoms with E-state index in [1.165, 1.54) is 12.8 Å². The average Bonchev–Trinajstić information content (AvgIpc) is 3.21. The summed E-state index contributed by atoms with van der Waals surface area (Å²) >= 11 is 0. The first kappa shape index (κ1) is 21.3. The zero-order chi connectivity index (χ0) is 19.9. The molecule has 28 heavy (non-hydrogen) atoms. The molecule has 4 nitrogen and oxygen atoms in total. The van der Waals surface area contributed by atoms with Crippen molar-refractivity contribution in [3.8, 4) is 0 Å². The second kappa shape index (κ2) is 10.4. The number of benzene rings is 1. The second-order valence-corrected chi connectivity index (χ2v) is 8.90. The smallest absolute Gasteiger partial charge is 0.225 e. The quantitative estimate of drug-likeness (QED) is 0.679. The third-order valence-corrected chi connectivity index (χ3v) is 6.27. The summed E-state index contributed by atoms with van der Waals surface area (Å²) in [6.07, 6.45) is 6.78. The summed E-state index contributed by atoms with van der Waals surface area (Å²) in [7, 11) is 4.13. The first-order valence-corrected chi connectivity index (χ1v) is 10.9. The number of likely N-dealkylation sites (tertiary alicyclic amines) is 1. The third-order valence-electron chi connectivity index (χ3n) is 6.27. The molecular weight excluding hydrogens is 353 g/mol. The van der Waals surface area contributed by atoms with Crippen LogP contribution >= 0.6 is 0 Å². The van der Waals surface area contributed by atoms with Crippen molar-refractivity contribution < 1.29 is 9.18 Å². The van der Waals surface area contributed by atoms with Gasteiger partial charge in [-0.3, -0.25) is 9.69 Å². The van der Waals surface area contributed by atoms with Crippen LogP contribution in [-0.4, -0.2) is 67.4 Å². The highest BCUT2D eigenvalue weighted by Gasteiger charge is 2.30. The van der Waals surface area contributed by atoms with Crippen molar-refractivity contribution in [3.63, 3.8) is 0 Å². The molecule has 0 radical (unpaired) electrons. The van der Waals surface area contributed by atoms with Crippen LogP contribution in [0.3, 0.4) is 0 Å². The Hall–Kier alpha value is -1.46. The molecule has 1 heterocycles. The molecule has 1 amide bonds. The summed E-state index contributed by atoms with van der Waals surface area (Å²) in [6, 6.07) is 7.07. The monoisotopic (exact) mass is 389 g/mol. The highest BCUT2D eigenvalue weighted by atomic mass is 19.1. The van der Waals surface area contributed by atoms with Crippen LogP contribution in [0.4, 0.5) is 4.39 Å². The van der Waals surface area contributed by atoms with Crippen LogP contribution < -0.4 is 0 Å². The van der Waals surface area contributed by atoms with Crippen LogP contribution in [-0.2, 0) is 11.3 Å². The zero-order valence-corrected chi connectivity index (χ0v) is 17.6. The van der Waals surface area contributed by atoms with E-state index >= 15 is 0 Å². The lowest BCUT2D eigenvalue weighted by atomic mass is 9.96. The van der Waals surface area contributed by atoms with Gasteiger partial charge < -0.3 is 9.80 Å². The van der Waals surface area contributed by atoms with Gasteiger partial charge in [-0.05, 0) is 58.3 Å². The van der Waals surface area contributed by atoms with Gasteiger partial charge in [0.25, 0.3) is 0 Å². The largest absolute Gasteiger partial charge is 0.341 e. The molecule has 2 fully saturated rings. The van der Waals surface area contributed by atoms with Crippen molar-refractivity contribution in [3.05, 3.63) is 35.6 Å². The lowest BCUT2D eigenvalue weighted by molar-refractivity contribution is -0.136. The van der Waals surface area contributed by atoms with Crippen molar-refractivity contribution in [2.75, 3.05) is 46.8 Å². The van der Waals surface area contributed by atoms with Gasteiger partial charge in [-0.25, -0.2) is 4.39 Å². The van der Waals surface area contributed by atoms with Gasteiger partial charge in [-0.1, -0.05) is 31.0 Å². The predicted octanol–water partition coefficient (Wildman–Crippen LogP) is 3.62. The van der Waals surface area contributed by atoms with Gasteiger partial charge in [-0.2, -0.15) is 0 Å². The summed E-state index contributed by atoms with van der Waals surface area (Å²) < 4.78 is 14.0. The van der Waals surface area contributed by atoms with Crippen molar-refractivity contribution in [2.45, 2.75) is 45.1 Å². The van der Waals surface area contributed by atoms with E-state index in [1.807, 2.05) is 12.1 Å². The van der Waals surface area contributed by atoms with E-state index in [9.17, 15) is 9.18 Å². The van der Waals surface area contributed by atoms with Gasteiger partial charge >= 0.3 is 0 Å². The van der Waals surface area contributed by atoms with Gasteiger partial charge in [0.2, 0.25) is 5.91 Å². The molecule has 0 spiro atoms. The molecule has 0 N–H and O–H groups in total. The number of carbonyl (C=O) groups excluding carboxylic acids is 1. The number of rotatable bonds is 8. The standard InChI is InChI=1S/C23H36FN3O/c1-25(2)14-15-27(23(28)20-9-3-4-10-20)17-19-8-7-13-26(16-19)18-21-11-5-6-12-22(21)24/h5-6,11-12,19-20H,3-4,7-10,13-18H2,1-2H3/t19-/m1/s1. The maximum absolute atomic E-state index is 14.0. The minimum Gasteiger partial charge on any atom is -0.341 e. The molecule has 5 heteroatoms. The molecule has 1 aliphatic heterocycles. The molecule has 1 saturated carbocycles. The molecule has 156 valence electrons. The van der Waals surface area contributed by atoms with E-state index < -0.39 is 0 Å². The Morgan fingerprint density at radius 3 is 2.57 bits per heavy atom. The van der Waals surface area contributed by atoms with Gasteiger partial charge in [0.15, 0.2) is 0 Å². The molecule has 0 aromatic heterocycles. The number of nitrogens with zero attached hydrogens (tertiary/aromatic N) is 3. The second-order valence-electron chi connectivity index (χ2n) is 8.90. The maximum Gasteiger partial charge on any atom is 0.225 e. The predicted molar refractivity (Wildman–Crippen MR) is 111 cm³/mol. The SMILES string of the molecule is CN(C)CCN(C[C@@H]1CCCN(Cc2ccccc2F)C1)C(=O)C1CCCC1. The van der Waals surface area contributed by atoms with E-state index in [1.54, 1.807) is 12.1 Å². The Bertz CT molecular complexity index is 630. The molecule has 1 aliphatic carbocycles. The number of carbonyl (C=O) groups is 1. The molecule has 0 unspecified atom stereocenters. The van der Waals surface area contributed by atoms with Gasteiger partial charge in [-0.15, -0.1) is 0 Å². The van der Waals surface area contributed by atoms with E-state index in [0.29, 0.717) is 18.4 Å². The van der Waals surface area contributed by atoms with E-state index in [-0.39, 0.29) is 11.7 Å². The minimum atomic E-state index is -0.117. The van der Waals surface area contributed by atoms with Crippen molar-refractivity contribution >= 4 is 5.91 Å². The molecule has 1 atom stereocenters. The van der Waals surface area contributed by atoms with Crippen molar-refractivity contribution in [1.29, 1.82) is 0 Å². The lowest BCUT2D eigenvalue weighted by Crippen LogP contribution is -2.46. The number of likely N-dealkylation sites (N-methyl/N-ethyl adjacent to an activating group) is 1. The molecule has 2 aliphatic rings. The normalized spacial score (nSPS) is 21.4. The van der Waals surface area contributed by atoms with Gasteiger partial charge in [0.1, 0.15) is 5.82 Å². The Balaban J connectivity index is 1.59. The topological polar surface area (TPSA) is 26.8 Å². The van der Waals surface area contributed by atoms with E-state index in [4.69, 9.17) is 0 Å². The van der Waals surface area contributed by atoms with Crippen molar-refractivity contribution in [1.82, 2.24) is 14.7 Å². The Morgan fingerprint density at radius 1 is 1.11 bits per heavy atom. The fraction of sp³-hybridized carbons (Fsp3) is 0.696. The summed E-state index contributed by atoms with van der Waals surface area (Å²) in [5, 5.41) is 0. The van der Waals surface area contributed by atoms with E-state index in [0.717, 1.165) is 64.0 Å². The Morgan fingerprint density at radius 2 is 1.86 bits per heavy atom. The number of hydrogen-bond donors (Lipinski definition) is 0. The lowest BCUT2D eigenvalue weighted by Gasteiger charge is -2.37. The first-order chi connectivity index (χ1) is 13.5. The molecule has 3 rings (SSSR count). The number of piperidine rings is 1. The van der Waals surface area contributed by atoms with Crippen LogP contribution in [0.15, 0.2) is 24.3 Å². The highest BCUT2D eigenvalue weighted by molar-refractivity contribution is 5.79. The third kappa shape index (κ3) is 6.02. The molecule has 1 aromatic carbocycles. The first-order valence-electron chi connectivity index (χ1n) is 10.9. The fourth-order valence-corrected chi connectivity index (χ4v) is 4.67. The zero-order valence-electron chi connectivity index (χ0n) is 17.6. The van der Waals surface area contributed by atoms with Gasteiger partial charge in [0.05, 0.1) is 0 Å². The van der Waals surface area contributed by atoms with Crippen LogP contribution in [0.2, 0.25) is 0 Å². The summed E-state index contributed by atoms with van der Waals surface area (Å²) in [5.41, 5.74) is 0.773. The number of hydrogen-bond acceptors (Lipinski definition) is 3. The molecule has 1 aromatic rings. The molecule has 1 saturated heterocycles. The number of halogens is 1. The summed E-state index contributed by atoms with van der Waals surface area (Å²) in [5.74, 6) is 0.965. The van der Waals surface area contributed by atoms with E-state index in [2.05, 4.69) is 28.8 Å². The average molecular weight is 390 g/mol. The highest BCUT2D eigenvalue weighted by Crippen LogP contribution is 2.28. The van der Waals surface area contributed by atoms with Crippen LogP contribution in [0.5, 0.6) is 0 Å². The Labute approximate surface area is 169 Å². The maximum atomic E-state index is 14.0. The number of amides is 1. The Kier molecular flexibility index (Phi) is 7.86. The fourth-order valence-electron chi connectivity index (χ4n) is 4.67. The van der Waals surface area contributed by atoms with Crippen LogP contribution in [0.1, 0.15) is 44.1 Å². The van der Waals surface area contributed by atoms with Crippen molar-refractivity contribution in [2.24, 2.45) is 11.8 Å². The van der Waals surface area contributed by atoms with Crippen LogP contribution in [0, 0.1) is 17.7 Å². The summed E-state index contributed by atoms with van der Waals surface area (Å²) in [6.45, 7) is 5.19. The van der Waals surface area contributed by atoms with Crippen LogP contribution in [0.25, 0.3) is 0 Å². The van der Waals surface area contributed by atoms with Gasteiger partial charge in [0, 0.05) is 44.2 Å². The molecule has 0 bridgehead atoms. The summed E-state index contributed by atoms with van der Waals surface area (Å²) in [4.78, 5) is 19.7.